The van der Waals surface area contributed by atoms with E-state index in [1.165, 1.54) is 30.6 Å². The van der Waals surface area contributed by atoms with E-state index in [0.717, 1.165) is 23.3 Å². The molecule has 2 atom stereocenters. The second-order valence-electron chi connectivity index (χ2n) is 9.84. The Morgan fingerprint density at radius 3 is 2.63 bits per heavy atom. The van der Waals surface area contributed by atoms with Gasteiger partial charge in [0.2, 0.25) is 0 Å². The summed E-state index contributed by atoms with van der Waals surface area (Å²) in [7, 11) is -4.41. The Bertz CT molecular complexity index is 1340. The van der Waals surface area contributed by atoms with Crippen molar-refractivity contribution in [1.29, 1.82) is 0 Å². The first-order chi connectivity index (χ1) is 19.4. The number of ether oxygens (including phenoxy) is 2. The Balaban J connectivity index is 1.68. The molecule has 0 bridgehead atoms. The molecule has 0 unspecified atom stereocenters. The number of carbonyl (C=O) groups is 2. The zero-order valence-electron chi connectivity index (χ0n) is 22.6. The second kappa shape index (κ2) is 13.0. The first-order valence-electron chi connectivity index (χ1n) is 13.2. The lowest BCUT2D eigenvalue weighted by Gasteiger charge is -2.33. The number of alkyl carbamates (subject to hydrolysis) is 1. The van der Waals surface area contributed by atoms with Gasteiger partial charge in [-0.2, -0.15) is 21.6 Å². The van der Waals surface area contributed by atoms with Crippen molar-refractivity contribution in [3.05, 3.63) is 40.8 Å². The van der Waals surface area contributed by atoms with Gasteiger partial charge in [-0.15, -0.1) is 11.3 Å². The minimum Gasteiger partial charge on any atom is -0.453 e. The minimum absolute atomic E-state index is 0.0622. The minimum atomic E-state index is -5.66. The van der Waals surface area contributed by atoms with Crippen LogP contribution >= 0.6 is 11.3 Å². The van der Waals surface area contributed by atoms with Crippen LogP contribution in [0.1, 0.15) is 42.7 Å². The SMILES string of the molecule is COC(=O)NCCCc1cc([C@@H](C)N(C(=O)[C@H]2CNCCO2)C2CC2)sc1-c1ccccc1NS(=O)(=O)C(F)(F)F. The summed E-state index contributed by atoms with van der Waals surface area (Å²) < 4.78 is 75.5. The van der Waals surface area contributed by atoms with Crippen LogP contribution in [0.15, 0.2) is 30.3 Å². The highest BCUT2D eigenvalue weighted by Crippen LogP contribution is 2.44. The van der Waals surface area contributed by atoms with Gasteiger partial charge in [-0.1, -0.05) is 18.2 Å². The molecule has 4 rings (SSSR count). The summed E-state index contributed by atoms with van der Waals surface area (Å²) in [4.78, 5) is 28.2. The number of methoxy groups -OCH3 is 1. The molecule has 10 nitrogen and oxygen atoms in total. The van der Waals surface area contributed by atoms with E-state index in [2.05, 4.69) is 15.4 Å². The Labute approximate surface area is 240 Å². The lowest BCUT2D eigenvalue weighted by Crippen LogP contribution is -2.50. The maximum Gasteiger partial charge on any atom is 0.516 e. The summed E-state index contributed by atoms with van der Waals surface area (Å²) in [6.45, 7) is 3.70. The number of sulfonamides is 1. The molecule has 226 valence electrons. The molecule has 0 radical (unpaired) electrons. The zero-order valence-corrected chi connectivity index (χ0v) is 24.3. The molecular formula is C26H33F3N4O6S2. The fourth-order valence-corrected chi connectivity index (χ4v) is 6.54. The highest BCUT2D eigenvalue weighted by Gasteiger charge is 2.46. The molecule has 2 heterocycles. The number of nitrogens with zero attached hydrogens (tertiary/aromatic N) is 1. The number of nitrogens with one attached hydrogen (secondary N) is 3. The number of amides is 2. The number of carbonyl (C=O) groups excluding carboxylic acids is 2. The van der Waals surface area contributed by atoms with Crippen molar-refractivity contribution in [1.82, 2.24) is 15.5 Å². The molecule has 1 saturated heterocycles. The molecule has 1 saturated carbocycles. The third-order valence-electron chi connectivity index (χ3n) is 6.85. The van der Waals surface area contributed by atoms with E-state index in [-0.39, 0.29) is 35.8 Å². The summed E-state index contributed by atoms with van der Waals surface area (Å²) in [5, 5.41) is 5.77. The lowest BCUT2D eigenvalue weighted by molar-refractivity contribution is -0.148. The van der Waals surface area contributed by atoms with Gasteiger partial charge in [0.05, 0.1) is 25.4 Å². The molecule has 1 aliphatic heterocycles. The summed E-state index contributed by atoms with van der Waals surface area (Å²) in [6.07, 6.45) is 1.44. The molecule has 0 spiro atoms. The van der Waals surface area contributed by atoms with Crippen molar-refractivity contribution in [2.75, 3.05) is 38.1 Å². The fraction of sp³-hybridized carbons (Fsp3) is 0.538. The molecule has 41 heavy (non-hydrogen) atoms. The van der Waals surface area contributed by atoms with Gasteiger partial charge in [0, 0.05) is 41.0 Å². The molecule has 2 fully saturated rings. The number of alkyl halides is 3. The maximum atomic E-state index is 13.5. The van der Waals surface area contributed by atoms with Gasteiger partial charge in [0.1, 0.15) is 6.10 Å². The van der Waals surface area contributed by atoms with Gasteiger partial charge < -0.3 is 25.0 Å². The predicted octanol–water partition coefficient (Wildman–Crippen LogP) is 4.01. The topological polar surface area (TPSA) is 126 Å². The first-order valence-corrected chi connectivity index (χ1v) is 15.5. The van der Waals surface area contributed by atoms with Gasteiger partial charge in [-0.25, -0.2) is 4.79 Å². The Morgan fingerprint density at radius 1 is 1.27 bits per heavy atom. The van der Waals surface area contributed by atoms with E-state index in [9.17, 15) is 31.2 Å². The van der Waals surface area contributed by atoms with Gasteiger partial charge in [0.15, 0.2) is 0 Å². The summed E-state index contributed by atoms with van der Waals surface area (Å²) in [5.74, 6) is -0.121. The van der Waals surface area contributed by atoms with E-state index in [4.69, 9.17) is 4.74 Å². The number of anilines is 1. The molecule has 1 aliphatic carbocycles. The van der Waals surface area contributed by atoms with Crippen molar-refractivity contribution in [2.45, 2.75) is 56.3 Å². The number of aryl methyl sites for hydroxylation is 1. The molecule has 2 amide bonds. The number of halogens is 3. The number of thiophene rings is 1. The van der Waals surface area contributed by atoms with Gasteiger partial charge in [-0.3, -0.25) is 9.52 Å². The van der Waals surface area contributed by atoms with E-state index in [1.54, 1.807) is 16.9 Å². The molecule has 3 N–H and O–H groups in total. The number of hydrogen-bond donors (Lipinski definition) is 3. The Hall–Kier alpha value is -2.88. The van der Waals surface area contributed by atoms with Crippen molar-refractivity contribution < 1.29 is 40.7 Å². The number of benzene rings is 1. The van der Waals surface area contributed by atoms with Crippen LogP contribution in [-0.4, -0.2) is 76.3 Å². The molecule has 2 aromatic rings. The van der Waals surface area contributed by atoms with Crippen LogP contribution in [0.5, 0.6) is 0 Å². The zero-order chi connectivity index (χ0) is 29.8. The smallest absolute Gasteiger partial charge is 0.453 e. The highest BCUT2D eigenvalue weighted by molar-refractivity contribution is 7.93. The quantitative estimate of drug-likeness (QED) is 0.325. The molecular weight excluding hydrogens is 585 g/mol. The van der Waals surface area contributed by atoms with Crippen LogP contribution < -0.4 is 15.4 Å². The van der Waals surface area contributed by atoms with Crippen molar-refractivity contribution in [3.63, 3.8) is 0 Å². The number of para-hydroxylation sites is 1. The van der Waals surface area contributed by atoms with Gasteiger partial charge in [0.25, 0.3) is 5.91 Å². The summed E-state index contributed by atoms with van der Waals surface area (Å²) in [5.41, 5.74) is -4.67. The van der Waals surface area contributed by atoms with E-state index in [0.29, 0.717) is 37.4 Å². The van der Waals surface area contributed by atoms with E-state index < -0.39 is 27.7 Å². The normalized spacial score (nSPS) is 18.4. The van der Waals surface area contributed by atoms with Crippen molar-refractivity contribution in [2.24, 2.45) is 0 Å². The predicted molar refractivity (Wildman–Crippen MR) is 148 cm³/mol. The maximum absolute atomic E-state index is 13.5. The van der Waals surface area contributed by atoms with E-state index in [1.807, 2.05) is 17.9 Å². The van der Waals surface area contributed by atoms with Crippen LogP contribution in [-0.2, 0) is 30.7 Å². The third-order valence-corrected chi connectivity index (χ3v) is 9.33. The third kappa shape index (κ3) is 7.50. The van der Waals surface area contributed by atoms with E-state index >= 15 is 0 Å². The summed E-state index contributed by atoms with van der Waals surface area (Å²) in [6, 6.07) is 7.49. The Morgan fingerprint density at radius 2 is 2.00 bits per heavy atom. The number of rotatable bonds is 11. The first kappa shape index (κ1) is 31.1. The fourth-order valence-electron chi connectivity index (χ4n) is 4.65. The molecule has 1 aromatic heterocycles. The van der Waals surface area contributed by atoms with Crippen molar-refractivity contribution >= 4 is 39.0 Å². The molecule has 2 aliphatic rings. The monoisotopic (exact) mass is 618 g/mol. The Kier molecular flexibility index (Phi) is 9.82. The van der Waals surface area contributed by atoms with Crippen LogP contribution in [0.3, 0.4) is 0 Å². The summed E-state index contributed by atoms with van der Waals surface area (Å²) >= 11 is 1.30. The molecule has 15 heteroatoms. The molecule has 1 aromatic carbocycles. The van der Waals surface area contributed by atoms with Crippen LogP contribution in [0.25, 0.3) is 10.4 Å². The van der Waals surface area contributed by atoms with Gasteiger partial charge >= 0.3 is 21.6 Å². The van der Waals surface area contributed by atoms with Crippen LogP contribution in [0.2, 0.25) is 0 Å². The number of morpholine rings is 1. The van der Waals surface area contributed by atoms with Crippen LogP contribution in [0.4, 0.5) is 23.7 Å². The lowest BCUT2D eigenvalue weighted by atomic mass is 10.0. The van der Waals surface area contributed by atoms with Crippen molar-refractivity contribution in [3.8, 4) is 10.4 Å². The van der Waals surface area contributed by atoms with Crippen LogP contribution in [0, 0.1) is 0 Å². The largest absolute Gasteiger partial charge is 0.516 e. The number of hydrogen-bond acceptors (Lipinski definition) is 8. The average Bonchev–Trinajstić information content (AvgIpc) is 3.68. The second-order valence-corrected chi connectivity index (χ2v) is 12.6. The average molecular weight is 619 g/mol. The van der Waals surface area contributed by atoms with Gasteiger partial charge in [-0.05, 0) is 50.3 Å². The standard InChI is InChI=1S/C26H33F3N4O6S2/c1-16(33(18-9-10-18)24(34)21-15-30-12-13-39-21)22-14-17(6-5-11-31-25(35)38-2)23(40-22)19-7-3-4-8-20(19)32-41(36,37)26(27,28)29/h3-4,7-8,14,16,18,21,30,32H,5-6,9-13,15H2,1-2H3,(H,31,35)/t16-,21-/m1/s1. The highest BCUT2D eigenvalue weighted by atomic mass is 32.2.